The zero-order valence-electron chi connectivity index (χ0n) is 8.74. The number of nitrogens with zero attached hydrogens (tertiary/aromatic N) is 2. The molecule has 1 aromatic rings. The van der Waals surface area contributed by atoms with E-state index < -0.39 is 0 Å². The summed E-state index contributed by atoms with van der Waals surface area (Å²) >= 11 is 9.34. The van der Waals surface area contributed by atoms with E-state index in [2.05, 4.69) is 33.1 Å². The third kappa shape index (κ3) is 2.28. The van der Waals surface area contributed by atoms with Gasteiger partial charge in [0.15, 0.2) is 0 Å². The highest BCUT2D eigenvalue weighted by Crippen LogP contribution is 2.26. The molecule has 5 heteroatoms. The molecule has 16 heavy (non-hydrogen) atoms. The summed E-state index contributed by atoms with van der Waals surface area (Å²) in [5.74, 6) is 0.870. The van der Waals surface area contributed by atoms with Crippen molar-refractivity contribution in [3.63, 3.8) is 0 Å². The minimum absolute atomic E-state index is 0.283. The summed E-state index contributed by atoms with van der Waals surface area (Å²) in [6, 6.07) is 5.74. The second-order valence-corrected chi connectivity index (χ2v) is 5.07. The average Bonchev–Trinajstić information content (AvgIpc) is 2.22. The van der Waals surface area contributed by atoms with Crippen LogP contribution in [0.5, 0.6) is 0 Å². The van der Waals surface area contributed by atoms with E-state index in [1.165, 1.54) is 0 Å². The molecule has 1 aromatic carbocycles. The lowest BCUT2D eigenvalue weighted by atomic mass is 9.94. The van der Waals surface area contributed by atoms with Crippen molar-refractivity contribution in [2.45, 2.75) is 13.3 Å². The zero-order valence-corrected chi connectivity index (χ0v) is 11.1. The van der Waals surface area contributed by atoms with Crippen molar-refractivity contribution in [2.24, 2.45) is 21.9 Å². The molecule has 0 saturated heterocycles. The van der Waals surface area contributed by atoms with E-state index in [1.807, 2.05) is 18.2 Å². The van der Waals surface area contributed by atoms with Crippen LogP contribution in [0.15, 0.2) is 32.9 Å². The molecule has 0 amide bonds. The van der Waals surface area contributed by atoms with Crippen molar-refractivity contribution in [3.8, 4) is 0 Å². The molecule has 2 rings (SSSR count). The predicted molar refractivity (Wildman–Crippen MR) is 71.1 cm³/mol. The minimum atomic E-state index is 0.283. The third-order valence-corrected chi connectivity index (χ3v) is 3.70. The van der Waals surface area contributed by atoms with Gasteiger partial charge in [0.1, 0.15) is 5.84 Å². The van der Waals surface area contributed by atoms with Crippen LogP contribution in [-0.2, 0) is 0 Å². The molecule has 1 unspecified atom stereocenters. The number of nitrogens with two attached hydrogens (primary N) is 1. The average molecular weight is 301 g/mol. The Bertz CT molecular complexity index is 482. The number of rotatable bonds is 1. The van der Waals surface area contributed by atoms with Gasteiger partial charge in [-0.2, -0.15) is 5.10 Å². The van der Waals surface area contributed by atoms with Crippen LogP contribution < -0.4 is 5.73 Å². The van der Waals surface area contributed by atoms with Crippen LogP contribution in [0, 0.1) is 5.92 Å². The first-order valence-electron chi connectivity index (χ1n) is 4.93. The third-order valence-electron chi connectivity index (χ3n) is 2.48. The van der Waals surface area contributed by atoms with E-state index in [1.54, 1.807) is 0 Å². The summed E-state index contributed by atoms with van der Waals surface area (Å²) in [4.78, 5) is 0. The first-order valence-corrected chi connectivity index (χ1v) is 6.10. The van der Waals surface area contributed by atoms with Crippen LogP contribution in [0.1, 0.15) is 18.9 Å². The molecular formula is C11H11BrClN3. The fourth-order valence-corrected chi connectivity index (χ4v) is 2.16. The van der Waals surface area contributed by atoms with Crippen LogP contribution >= 0.6 is 27.5 Å². The Morgan fingerprint density at radius 3 is 2.81 bits per heavy atom. The second kappa shape index (κ2) is 4.55. The molecule has 1 heterocycles. The number of hydrogen-bond acceptors (Lipinski definition) is 3. The maximum absolute atomic E-state index is 5.94. The van der Waals surface area contributed by atoms with Gasteiger partial charge in [-0.15, -0.1) is 5.10 Å². The molecule has 1 atom stereocenters. The van der Waals surface area contributed by atoms with Gasteiger partial charge in [0, 0.05) is 16.8 Å². The monoisotopic (exact) mass is 299 g/mol. The Labute approximate surface area is 108 Å². The number of benzene rings is 1. The second-order valence-electron chi connectivity index (χ2n) is 3.81. The first kappa shape index (κ1) is 11.6. The van der Waals surface area contributed by atoms with E-state index in [0.29, 0.717) is 10.9 Å². The Morgan fingerprint density at radius 1 is 1.44 bits per heavy atom. The van der Waals surface area contributed by atoms with Gasteiger partial charge >= 0.3 is 0 Å². The highest BCUT2D eigenvalue weighted by Gasteiger charge is 2.18. The van der Waals surface area contributed by atoms with Crippen LogP contribution in [0.25, 0.3) is 0 Å². The highest BCUT2D eigenvalue weighted by molar-refractivity contribution is 9.10. The summed E-state index contributed by atoms with van der Waals surface area (Å²) < 4.78 is 0.865. The molecule has 0 saturated carbocycles. The van der Waals surface area contributed by atoms with Gasteiger partial charge in [0.25, 0.3) is 0 Å². The van der Waals surface area contributed by atoms with E-state index in [4.69, 9.17) is 17.3 Å². The Morgan fingerprint density at radius 2 is 2.19 bits per heavy atom. The lowest BCUT2D eigenvalue weighted by molar-refractivity contribution is 0.783. The molecule has 3 nitrogen and oxygen atoms in total. The predicted octanol–water partition coefficient (Wildman–Crippen LogP) is 3.20. The van der Waals surface area contributed by atoms with Crippen molar-refractivity contribution in [3.05, 3.63) is 33.3 Å². The van der Waals surface area contributed by atoms with Crippen molar-refractivity contribution < 1.29 is 0 Å². The van der Waals surface area contributed by atoms with Crippen molar-refractivity contribution >= 4 is 39.1 Å². The van der Waals surface area contributed by atoms with Gasteiger partial charge in [0.05, 0.1) is 10.7 Å². The topological polar surface area (TPSA) is 50.7 Å². The van der Waals surface area contributed by atoms with Gasteiger partial charge in [-0.3, -0.25) is 0 Å². The SMILES string of the molecule is CC1CC(N)=NN=C1c1ccc(Cl)c(Br)c1. The van der Waals surface area contributed by atoms with E-state index >= 15 is 0 Å². The van der Waals surface area contributed by atoms with E-state index in [9.17, 15) is 0 Å². The zero-order chi connectivity index (χ0) is 11.7. The van der Waals surface area contributed by atoms with Gasteiger partial charge in [0.2, 0.25) is 0 Å². The Kier molecular flexibility index (Phi) is 3.30. The molecule has 0 aromatic heterocycles. The molecule has 0 aliphatic carbocycles. The Balaban J connectivity index is 2.41. The minimum Gasteiger partial charge on any atom is -0.386 e. The van der Waals surface area contributed by atoms with Gasteiger partial charge < -0.3 is 5.73 Å². The molecule has 0 bridgehead atoms. The lowest BCUT2D eigenvalue weighted by Gasteiger charge is -2.17. The van der Waals surface area contributed by atoms with Gasteiger partial charge in [-0.05, 0) is 33.6 Å². The fraction of sp³-hybridized carbons (Fsp3) is 0.273. The summed E-state index contributed by atoms with van der Waals surface area (Å²) in [6.07, 6.45) is 0.749. The smallest absolute Gasteiger partial charge is 0.123 e. The number of amidine groups is 1. The molecule has 0 spiro atoms. The molecule has 2 N–H and O–H groups in total. The van der Waals surface area contributed by atoms with E-state index in [-0.39, 0.29) is 5.92 Å². The quantitative estimate of drug-likeness (QED) is 0.850. The standard InChI is InChI=1S/C11H11BrClN3/c1-6-4-10(14)15-16-11(6)7-2-3-9(13)8(12)5-7/h2-3,5-6H,4H2,1H3,(H2,14,15). The largest absolute Gasteiger partial charge is 0.386 e. The summed E-state index contributed by atoms with van der Waals surface area (Å²) in [6.45, 7) is 2.09. The summed E-state index contributed by atoms with van der Waals surface area (Å²) in [7, 11) is 0. The van der Waals surface area contributed by atoms with Crippen molar-refractivity contribution in [1.29, 1.82) is 0 Å². The maximum Gasteiger partial charge on any atom is 0.123 e. The van der Waals surface area contributed by atoms with Crippen LogP contribution in [0.4, 0.5) is 0 Å². The number of hydrogen-bond donors (Lipinski definition) is 1. The summed E-state index contributed by atoms with van der Waals surface area (Å²) in [5.41, 5.74) is 7.61. The van der Waals surface area contributed by atoms with Crippen LogP contribution in [0.2, 0.25) is 5.02 Å². The molecule has 1 aliphatic rings. The van der Waals surface area contributed by atoms with E-state index in [0.717, 1.165) is 22.2 Å². The fourth-order valence-electron chi connectivity index (χ4n) is 1.67. The number of halogens is 2. The van der Waals surface area contributed by atoms with Gasteiger partial charge in [-0.1, -0.05) is 24.6 Å². The molecule has 1 aliphatic heterocycles. The lowest BCUT2D eigenvalue weighted by Crippen LogP contribution is -2.25. The molecule has 0 radical (unpaired) electrons. The normalized spacial score (nSPS) is 20.3. The summed E-state index contributed by atoms with van der Waals surface area (Å²) in [5, 5.41) is 8.76. The van der Waals surface area contributed by atoms with Crippen molar-refractivity contribution in [2.75, 3.05) is 0 Å². The van der Waals surface area contributed by atoms with Crippen molar-refractivity contribution in [1.82, 2.24) is 0 Å². The Hall–Kier alpha value is -0.870. The highest BCUT2D eigenvalue weighted by atomic mass is 79.9. The first-order chi connectivity index (χ1) is 7.58. The molecular weight excluding hydrogens is 289 g/mol. The van der Waals surface area contributed by atoms with Gasteiger partial charge in [-0.25, -0.2) is 0 Å². The molecule has 84 valence electrons. The molecule has 0 fully saturated rings. The van der Waals surface area contributed by atoms with Crippen LogP contribution in [0.3, 0.4) is 0 Å². The van der Waals surface area contributed by atoms with Crippen LogP contribution in [-0.4, -0.2) is 11.5 Å². The maximum atomic E-state index is 5.94.